The van der Waals surface area contributed by atoms with E-state index in [2.05, 4.69) is 32.0 Å². The first-order valence-corrected chi connectivity index (χ1v) is 11.4. The summed E-state index contributed by atoms with van der Waals surface area (Å²) in [4.78, 5) is 14.6. The van der Waals surface area contributed by atoms with E-state index < -0.39 is 0 Å². The third-order valence-electron chi connectivity index (χ3n) is 6.39. The van der Waals surface area contributed by atoms with Crippen LogP contribution in [0.4, 0.5) is 0 Å². The van der Waals surface area contributed by atoms with Gasteiger partial charge < -0.3 is 4.74 Å². The molecule has 0 saturated carbocycles. The van der Waals surface area contributed by atoms with Gasteiger partial charge in [0.05, 0.1) is 0 Å². The number of rotatable bonds is 3. The van der Waals surface area contributed by atoms with E-state index in [9.17, 15) is 0 Å². The molecule has 0 N–H and O–H groups in total. The Morgan fingerprint density at radius 3 is 1.62 bits per heavy atom. The molecule has 4 aromatic carbocycles. The van der Waals surface area contributed by atoms with Crippen LogP contribution < -0.4 is 4.74 Å². The summed E-state index contributed by atoms with van der Waals surface area (Å²) in [6.45, 7) is 4.46. The number of para-hydroxylation sites is 1. The highest BCUT2D eigenvalue weighted by Gasteiger charge is 2.34. The molecule has 0 saturated heterocycles. The fourth-order valence-corrected chi connectivity index (χ4v) is 4.52. The number of benzene rings is 4. The molecule has 2 heterocycles. The van der Waals surface area contributed by atoms with Crippen LogP contribution in [0, 0.1) is 0 Å². The lowest BCUT2D eigenvalue weighted by Gasteiger charge is -2.34. The van der Waals surface area contributed by atoms with Gasteiger partial charge in [0, 0.05) is 33.2 Å². The van der Waals surface area contributed by atoms with Crippen molar-refractivity contribution in [3.05, 3.63) is 114 Å². The summed E-state index contributed by atoms with van der Waals surface area (Å²) in [5.41, 5.74) is 4.93. The Bertz CT molecular complexity index is 1440. The van der Waals surface area contributed by atoms with Crippen molar-refractivity contribution in [2.45, 2.75) is 19.3 Å². The normalized spacial score (nSPS) is 13.5. The van der Waals surface area contributed by atoms with Gasteiger partial charge >= 0.3 is 0 Å². The molecule has 0 atom stereocenters. The van der Waals surface area contributed by atoms with E-state index in [1.807, 2.05) is 84.9 Å². The van der Waals surface area contributed by atoms with Gasteiger partial charge in [-0.3, -0.25) is 0 Å². The molecule has 5 aromatic rings. The Morgan fingerprint density at radius 2 is 1.00 bits per heavy atom. The number of nitrogens with zero attached hydrogens (tertiary/aromatic N) is 3. The maximum Gasteiger partial charge on any atom is 0.164 e. The second-order valence-electron chi connectivity index (χ2n) is 8.97. The van der Waals surface area contributed by atoms with Crippen LogP contribution >= 0.6 is 0 Å². The van der Waals surface area contributed by atoms with Gasteiger partial charge in [-0.1, -0.05) is 92.7 Å². The van der Waals surface area contributed by atoms with Crippen molar-refractivity contribution in [2.24, 2.45) is 0 Å². The first kappa shape index (κ1) is 20.3. The van der Waals surface area contributed by atoms with E-state index >= 15 is 0 Å². The standard InChI is InChI=1S/C30H23N3O/c1-30(2)23-15-9-10-16-25(23)34-26-18-17-22(19-24(26)30)29-32-27(20-11-5-3-6-12-20)31-28(33-29)21-13-7-4-8-14-21/h3-19H,1-2H3. The highest BCUT2D eigenvalue weighted by atomic mass is 16.5. The quantitative estimate of drug-likeness (QED) is 0.295. The zero-order valence-electron chi connectivity index (χ0n) is 19.1. The average Bonchev–Trinajstić information content (AvgIpc) is 2.89. The molecule has 164 valence electrons. The summed E-state index contributed by atoms with van der Waals surface area (Å²) in [6, 6.07) is 34.5. The van der Waals surface area contributed by atoms with Crippen molar-refractivity contribution < 1.29 is 4.74 Å². The van der Waals surface area contributed by atoms with Gasteiger partial charge in [-0.15, -0.1) is 0 Å². The number of fused-ring (bicyclic) bond motifs is 2. The number of hydrogen-bond donors (Lipinski definition) is 0. The maximum absolute atomic E-state index is 6.24. The van der Waals surface area contributed by atoms with Crippen LogP contribution in [-0.2, 0) is 5.41 Å². The number of aromatic nitrogens is 3. The highest BCUT2D eigenvalue weighted by molar-refractivity contribution is 5.69. The zero-order chi connectivity index (χ0) is 23.1. The van der Waals surface area contributed by atoms with Crippen LogP contribution in [0.25, 0.3) is 34.2 Å². The van der Waals surface area contributed by atoms with E-state index in [0.29, 0.717) is 17.5 Å². The molecular formula is C30H23N3O. The summed E-state index contributed by atoms with van der Waals surface area (Å²) in [5, 5.41) is 0. The minimum absolute atomic E-state index is 0.211. The predicted octanol–water partition coefficient (Wildman–Crippen LogP) is 7.30. The Balaban J connectivity index is 1.52. The number of ether oxygens (including phenoxy) is 1. The Kier molecular flexibility index (Phi) is 4.73. The fourth-order valence-electron chi connectivity index (χ4n) is 4.52. The fraction of sp³-hybridized carbons (Fsp3) is 0.100. The minimum atomic E-state index is -0.211. The summed E-state index contributed by atoms with van der Waals surface area (Å²) in [6.07, 6.45) is 0. The highest BCUT2D eigenvalue weighted by Crippen LogP contribution is 2.48. The minimum Gasteiger partial charge on any atom is -0.457 e. The van der Waals surface area contributed by atoms with Crippen molar-refractivity contribution >= 4 is 0 Å². The molecule has 0 aliphatic carbocycles. The Hall–Kier alpha value is -4.31. The van der Waals surface area contributed by atoms with Crippen LogP contribution in [-0.4, -0.2) is 15.0 Å². The Morgan fingerprint density at radius 1 is 0.500 bits per heavy atom. The van der Waals surface area contributed by atoms with Gasteiger partial charge in [0.25, 0.3) is 0 Å². The lowest BCUT2D eigenvalue weighted by molar-refractivity contribution is 0.418. The van der Waals surface area contributed by atoms with E-state index in [0.717, 1.165) is 33.8 Å². The second kappa shape index (κ2) is 7.92. The molecule has 0 spiro atoms. The largest absolute Gasteiger partial charge is 0.457 e. The van der Waals surface area contributed by atoms with Crippen molar-refractivity contribution in [3.8, 4) is 45.7 Å². The maximum atomic E-state index is 6.24. The molecule has 4 nitrogen and oxygen atoms in total. The molecule has 4 heteroatoms. The first-order chi connectivity index (χ1) is 16.6. The van der Waals surface area contributed by atoms with Gasteiger partial charge in [-0.2, -0.15) is 0 Å². The summed E-state index contributed by atoms with van der Waals surface area (Å²) < 4.78 is 6.24. The van der Waals surface area contributed by atoms with Crippen LogP contribution in [0.5, 0.6) is 11.5 Å². The lowest BCUT2D eigenvalue weighted by atomic mass is 9.75. The van der Waals surface area contributed by atoms with Crippen molar-refractivity contribution in [2.75, 3.05) is 0 Å². The summed E-state index contributed by atoms with van der Waals surface area (Å²) >= 11 is 0. The van der Waals surface area contributed by atoms with Crippen LogP contribution in [0.3, 0.4) is 0 Å². The lowest BCUT2D eigenvalue weighted by Crippen LogP contribution is -2.24. The third kappa shape index (κ3) is 3.44. The van der Waals surface area contributed by atoms with Crippen LogP contribution in [0.15, 0.2) is 103 Å². The summed E-state index contributed by atoms with van der Waals surface area (Å²) in [7, 11) is 0. The van der Waals surface area contributed by atoms with Gasteiger partial charge in [0.1, 0.15) is 11.5 Å². The molecule has 0 bridgehead atoms. The molecule has 1 aliphatic rings. The molecular weight excluding hydrogens is 418 g/mol. The van der Waals surface area contributed by atoms with Crippen LogP contribution in [0.2, 0.25) is 0 Å². The molecule has 0 fully saturated rings. The van der Waals surface area contributed by atoms with Gasteiger partial charge in [0.2, 0.25) is 0 Å². The van der Waals surface area contributed by atoms with E-state index in [1.165, 1.54) is 5.56 Å². The molecule has 34 heavy (non-hydrogen) atoms. The predicted molar refractivity (Wildman–Crippen MR) is 135 cm³/mol. The first-order valence-electron chi connectivity index (χ1n) is 11.4. The molecule has 0 radical (unpaired) electrons. The monoisotopic (exact) mass is 441 g/mol. The molecule has 6 rings (SSSR count). The average molecular weight is 442 g/mol. The molecule has 0 amide bonds. The van der Waals surface area contributed by atoms with E-state index in [1.54, 1.807) is 0 Å². The third-order valence-corrected chi connectivity index (χ3v) is 6.39. The van der Waals surface area contributed by atoms with Gasteiger partial charge in [-0.05, 0) is 24.3 Å². The van der Waals surface area contributed by atoms with E-state index in [-0.39, 0.29) is 5.41 Å². The second-order valence-corrected chi connectivity index (χ2v) is 8.97. The van der Waals surface area contributed by atoms with Crippen molar-refractivity contribution in [3.63, 3.8) is 0 Å². The van der Waals surface area contributed by atoms with Crippen LogP contribution in [0.1, 0.15) is 25.0 Å². The summed E-state index contributed by atoms with van der Waals surface area (Å²) in [5.74, 6) is 3.73. The van der Waals surface area contributed by atoms with Crippen molar-refractivity contribution in [1.82, 2.24) is 15.0 Å². The van der Waals surface area contributed by atoms with Gasteiger partial charge in [0.15, 0.2) is 17.5 Å². The number of hydrogen-bond acceptors (Lipinski definition) is 4. The van der Waals surface area contributed by atoms with E-state index in [4.69, 9.17) is 19.7 Å². The zero-order valence-corrected chi connectivity index (χ0v) is 19.1. The Labute approximate surface area is 199 Å². The topological polar surface area (TPSA) is 47.9 Å². The SMILES string of the molecule is CC1(C)c2ccccc2Oc2ccc(-c3nc(-c4ccccc4)nc(-c4ccccc4)n3)cc21. The molecule has 1 aromatic heterocycles. The van der Waals surface area contributed by atoms with Crippen molar-refractivity contribution in [1.29, 1.82) is 0 Å². The molecule has 1 aliphatic heterocycles. The van der Waals surface area contributed by atoms with Gasteiger partial charge in [-0.25, -0.2) is 15.0 Å². The smallest absolute Gasteiger partial charge is 0.164 e. The molecule has 0 unspecified atom stereocenters.